The first kappa shape index (κ1) is 30.8. The van der Waals surface area contributed by atoms with Gasteiger partial charge in [-0.15, -0.1) is 0 Å². The van der Waals surface area contributed by atoms with Crippen LogP contribution >= 0.6 is 0 Å². The maximum absolute atomic E-state index is 13.3. The van der Waals surface area contributed by atoms with Crippen LogP contribution in [0.4, 0.5) is 11.5 Å². The Hall–Kier alpha value is -4.11. The summed E-state index contributed by atoms with van der Waals surface area (Å²) in [4.78, 5) is 33.1. The van der Waals surface area contributed by atoms with E-state index in [4.69, 9.17) is 19.9 Å². The van der Waals surface area contributed by atoms with Crippen molar-refractivity contribution in [2.24, 2.45) is 0 Å². The van der Waals surface area contributed by atoms with Crippen LogP contribution < -0.4 is 15.8 Å². The van der Waals surface area contributed by atoms with Crippen molar-refractivity contribution in [3.8, 4) is 17.0 Å². The van der Waals surface area contributed by atoms with Gasteiger partial charge in [0.25, 0.3) is 5.91 Å². The molecule has 4 N–H and O–H groups in total. The zero-order valence-electron chi connectivity index (χ0n) is 23.1. The summed E-state index contributed by atoms with van der Waals surface area (Å²) < 4.78 is 44.4. The lowest BCUT2D eigenvalue weighted by Crippen LogP contribution is -2.38. The fourth-order valence-electron chi connectivity index (χ4n) is 4.28. The number of carboxylic acid groups (broad SMARTS) is 1. The standard InChI is InChI=1S/C28H33N5O8S/c1-2-4-20-5-3-6-22-26(20)41-16-15-40-14-13-39-12-11-33(18-24(34)35)42(37,38)21-9-7-19(8-10-21)23-17-30-27(29)25(31-23)28(36)32-22/h3,5-10,17H,2,4,11-16,18H2,1H3,(H2,29,30)(H,32,36)(H,34,35). The number of sulfonamides is 1. The first-order chi connectivity index (χ1) is 20.2. The molecular weight excluding hydrogens is 566 g/mol. The van der Waals surface area contributed by atoms with Crippen molar-refractivity contribution < 1.29 is 37.3 Å². The van der Waals surface area contributed by atoms with Gasteiger partial charge >= 0.3 is 5.97 Å². The Morgan fingerprint density at radius 1 is 1.07 bits per heavy atom. The smallest absolute Gasteiger partial charge is 0.318 e. The van der Waals surface area contributed by atoms with Gasteiger partial charge in [-0.1, -0.05) is 37.6 Å². The third-order valence-electron chi connectivity index (χ3n) is 6.31. The number of carboxylic acids is 1. The minimum atomic E-state index is -4.16. The average Bonchev–Trinajstić information content (AvgIpc) is 2.96. The number of para-hydroxylation sites is 1. The van der Waals surface area contributed by atoms with Crippen LogP contribution in [0.2, 0.25) is 0 Å². The minimum Gasteiger partial charge on any atom is -0.489 e. The maximum atomic E-state index is 13.3. The number of aromatic nitrogens is 2. The van der Waals surface area contributed by atoms with E-state index in [0.29, 0.717) is 17.0 Å². The minimum absolute atomic E-state index is 0.0261. The van der Waals surface area contributed by atoms with Gasteiger partial charge in [0.1, 0.15) is 18.9 Å². The molecule has 2 aliphatic rings. The monoisotopic (exact) mass is 599 g/mol. The van der Waals surface area contributed by atoms with Gasteiger partial charge in [0, 0.05) is 12.1 Å². The van der Waals surface area contributed by atoms with E-state index in [0.717, 1.165) is 22.7 Å². The molecule has 3 aromatic rings. The Morgan fingerprint density at radius 2 is 1.79 bits per heavy atom. The second-order valence-electron chi connectivity index (χ2n) is 9.32. The van der Waals surface area contributed by atoms with Crippen LogP contribution in [0.15, 0.2) is 53.6 Å². The van der Waals surface area contributed by atoms with Crippen molar-refractivity contribution in [2.75, 3.05) is 57.2 Å². The number of aliphatic carboxylic acids is 1. The number of carbonyl (C=O) groups is 2. The zero-order chi connectivity index (χ0) is 30.1. The highest BCUT2D eigenvalue weighted by atomic mass is 32.2. The van der Waals surface area contributed by atoms with Crippen LogP contribution in [0, 0.1) is 0 Å². The van der Waals surface area contributed by atoms with Crippen LogP contribution in [0.25, 0.3) is 11.3 Å². The molecule has 0 saturated heterocycles. The van der Waals surface area contributed by atoms with Crippen LogP contribution in [0.3, 0.4) is 0 Å². The van der Waals surface area contributed by atoms with Crippen LogP contribution in [0.5, 0.6) is 5.75 Å². The summed E-state index contributed by atoms with van der Waals surface area (Å²) in [6.45, 7) is 1.93. The van der Waals surface area contributed by atoms with E-state index in [-0.39, 0.29) is 61.7 Å². The van der Waals surface area contributed by atoms with E-state index < -0.39 is 28.4 Å². The lowest BCUT2D eigenvalue weighted by atomic mass is 10.1. The number of carbonyl (C=O) groups excluding carboxylic acids is 1. The SMILES string of the molecule is CCCc1cccc2c1OCCOCCOCCN(CC(=O)O)S(=O)(=O)c1ccc(cc1)-c1cnc(N)c(n1)C(=O)N2. The van der Waals surface area contributed by atoms with Gasteiger partial charge in [-0.2, -0.15) is 4.31 Å². The van der Waals surface area contributed by atoms with Crippen molar-refractivity contribution in [3.05, 3.63) is 59.9 Å². The van der Waals surface area contributed by atoms with Crippen LogP contribution in [0.1, 0.15) is 29.4 Å². The molecule has 0 atom stereocenters. The van der Waals surface area contributed by atoms with Crippen molar-refractivity contribution >= 4 is 33.4 Å². The van der Waals surface area contributed by atoms with Crippen LogP contribution in [-0.4, -0.2) is 85.8 Å². The number of rotatable bonds is 4. The number of nitrogen functional groups attached to an aromatic ring is 1. The predicted octanol–water partition coefficient (Wildman–Crippen LogP) is 2.43. The highest BCUT2D eigenvalue weighted by Gasteiger charge is 2.27. The fourth-order valence-corrected chi connectivity index (χ4v) is 5.65. The molecule has 0 saturated carbocycles. The number of benzene rings is 2. The Kier molecular flexibility index (Phi) is 10.4. The van der Waals surface area contributed by atoms with E-state index >= 15 is 0 Å². The molecule has 2 aromatic carbocycles. The zero-order valence-corrected chi connectivity index (χ0v) is 23.9. The van der Waals surface area contributed by atoms with E-state index in [1.165, 1.54) is 30.5 Å². The first-order valence-corrected chi connectivity index (χ1v) is 14.8. The highest BCUT2D eigenvalue weighted by molar-refractivity contribution is 7.89. The Bertz CT molecular complexity index is 1520. The normalized spacial score (nSPS) is 16.7. The number of fused-ring (bicyclic) bond motifs is 13. The summed E-state index contributed by atoms with van der Waals surface area (Å²) in [5.41, 5.74) is 8.02. The molecule has 13 nitrogen and oxygen atoms in total. The van der Waals surface area contributed by atoms with E-state index in [1.807, 2.05) is 19.1 Å². The first-order valence-electron chi connectivity index (χ1n) is 13.4. The van der Waals surface area contributed by atoms with Gasteiger partial charge < -0.3 is 30.4 Å². The van der Waals surface area contributed by atoms with E-state index in [2.05, 4.69) is 15.3 Å². The maximum Gasteiger partial charge on any atom is 0.318 e. The molecule has 0 radical (unpaired) electrons. The van der Waals surface area contributed by atoms with Gasteiger partial charge in [-0.3, -0.25) is 9.59 Å². The van der Waals surface area contributed by atoms with Gasteiger partial charge in [-0.05, 0) is 30.2 Å². The molecule has 4 bridgehead atoms. The Morgan fingerprint density at radius 3 is 2.50 bits per heavy atom. The summed E-state index contributed by atoms with van der Waals surface area (Å²) in [5, 5.41) is 12.1. The molecule has 42 heavy (non-hydrogen) atoms. The number of nitrogens with two attached hydrogens (primary N) is 1. The van der Waals surface area contributed by atoms with Gasteiger partial charge in [0.05, 0.1) is 48.9 Å². The number of hydrogen-bond acceptors (Lipinski definition) is 10. The molecule has 3 heterocycles. The third kappa shape index (κ3) is 7.59. The number of hydrogen-bond donors (Lipinski definition) is 3. The Balaban J connectivity index is 1.70. The number of aryl methyl sites for hydroxylation is 1. The third-order valence-corrected chi connectivity index (χ3v) is 8.17. The van der Waals surface area contributed by atoms with Crippen LogP contribution in [-0.2, 0) is 30.7 Å². The number of nitrogens with zero attached hydrogens (tertiary/aromatic N) is 3. The van der Waals surface area contributed by atoms with E-state index in [9.17, 15) is 23.1 Å². The van der Waals surface area contributed by atoms with Gasteiger partial charge in [-0.25, -0.2) is 18.4 Å². The highest BCUT2D eigenvalue weighted by Crippen LogP contribution is 2.31. The molecule has 2 aliphatic heterocycles. The van der Waals surface area contributed by atoms with Crippen molar-refractivity contribution in [3.63, 3.8) is 0 Å². The number of nitrogens with one attached hydrogen (secondary N) is 1. The number of ether oxygens (including phenoxy) is 3. The molecule has 1 aromatic heterocycles. The van der Waals surface area contributed by atoms with Gasteiger partial charge in [0.2, 0.25) is 10.0 Å². The van der Waals surface area contributed by atoms with E-state index in [1.54, 1.807) is 6.07 Å². The summed E-state index contributed by atoms with van der Waals surface area (Å²) in [6.07, 6.45) is 2.97. The molecule has 0 unspecified atom stereocenters. The molecular formula is C28H33N5O8S. The molecule has 1 amide bonds. The quantitative estimate of drug-likeness (QED) is 0.374. The van der Waals surface area contributed by atoms with Crippen molar-refractivity contribution in [2.45, 2.75) is 24.7 Å². The number of anilines is 2. The average molecular weight is 600 g/mol. The summed E-state index contributed by atoms with van der Waals surface area (Å²) >= 11 is 0. The lowest BCUT2D eigenvalue weighted by Gasteiger charge is -2.20. The van der Waals surface area contributed by atoms with Crippen molar-refractivity contribution in [1.29, 1.82) is 0 Å². The second-order valence-corrected chi connectivity index (χ2v) is 11.3. The Labute approximate surface area is 243 Å². The molecule has 5 rings (SSSR count). The van der Waals surface area contributed by atoms with Crippen molar-refractivity contribution in [1.82, 2.24) is 14.3 Å². The number of amides is 1. The lowest BCUT2D eigenvalue weighted by molar-refractivity contribution is -0.137. The van der Waals surface area contributed by atoms with Gasteiger partial charge in [0.15, 0.2) is 11.5 Å². The molecule has 0 fully saturated rings. The predicted molar refractivity (Wildman–Crippen MR) is 154 cm³/mol. The molecule has 0 spiro atoms. The summed E-state index contributed by atoms with van der Waals surface area (Å²) in [7, 11) is -4.16. The molecule has 224 valence electrons. The summed E-state index contributed by atoms with van der Waals surface area (Å²) in [5.74, 6) is -1.46. The topological polar surface area (TPSA) is 183 Å². The summed E-state index contributed by atoms with van der Waals surface area (Å²) in [6, 6.07) is 11.1. The second kappa shape index (κ2) is 14.2. The molecule has 14 heteroatoms. The fraction of sp³-hybridized carbons (Fsp3) is 0.357. The molecule has 0 aliphatic carbocycles. The largest absolute Gasteiger partial charge is 0.489 e.